The van der Waals surface area contributed by atoms with Crippen LogP contribution in [-0.4, -0.2) is 60.2 Å². The number of rotatable bonds is 14. The van der Waals surface area contributed by atoms with Crippen LogP contribution in [0.1, 0.15) is 53.4 Å². The van der Waals surface area contributed by atoms with E-state index >= 15 is 0 Å². The molecule has 0 spiro atoms. The van der Waals surface area contributed by atoms with Crippen molar-refractivity contribution in [2.45, 2.75) is 59.5 Å². The van der Waals surface area contributed by atoms with Crippen LogP contribution in [0.4, 0.5) is 0 Å². The van der Waals surface area contributed by atoms with Crippen molar-refractivity contribution in [1.29, 1.82) is 0 Å². The Morgan fingerprint density at radius 3 is 2.03 bits per heavy atom. The number of hydrogen-bond donors (Lipinski definition) is 0. The summed E-state index contributed by atoms with van der Waals surface area (Å²) in [4.78, 5) is 9.41. The average Bonchev–Trinajstić information content (AvgIpc) is 2.74. The van der Waals surface area contributed by atoms with Gasteiger partial charge in [0.25, 0.3) is 0 Å². The topological polar surface area (TPSA) is 28.6 Å². The number of benzene rings is 1. The molecule has 0 bridgehead atoms. The van der Waals surface area contributed by atoms with Crippen LogP contribution < -0.4 is 4.74 Å². The number of aromatic nitrogens is 1. The van der Waals surface area contributed by atoms with Gasteiger partial charge in [0.05, 0.1) is 11.6 Å². The van der Waals surface area contributed by atoms with Gasteiger partial charge in [-0.05, 0) is 89.2 Å². The molecule has 4 nitrogen and oxygen atoms in total. The molecule has 0 saturated heterocycles. The van der Waals surface area contributed by atoms with E-state index in [2.05, 4.69) is 42.5 Å². The van der Waals surface area contributed by atoms with Gasteiger partial charge in [0.2, 0.25) is 0 Å². The third-order valence-corrected chi connectivity index (χ3v) is 5.98. The van der Waals surface area contributed by atoms with E-state index in [1.807, 2.05) is 30.5 Å². The zero-order valence-corrected chi connectivity index (χ0v) is 19.4. The van der Waals surface area contributed by atoms with Crippen molar-refractivity contribution in [3.05, 3.63) is 35.5 Å². The van der Waals surface area contributed by atoms with Crippen molar-refractivity contribution in [1.82, 2.24) is 14.8 Å². The van der Waals surface area contributed by atoms with E-state index < -0.39 is 0 Å². The molecule has 0 unspecified atom stereocenters. The molecule has 0 saturated carbocycles. The van der Waals surface area contributed by atoms with Gasteiger partial charge in [-0.1, -0.05) is 39.3 Å². The lowest BCUT2D eigenvalue weighted by Gasteiger charge is -2.24. The van der Waals surface area contributed by atoms with Crippen LogP contribution in [0.2, 0.25) is 5.02 Å². The summed E-state index contributed by atoms with van der Waals surface area (Å²) in [5.74, 6) is 0.919. The molecule has 1 heterocycles. The third kappa shape index (κ3) is 7.76. The number of hydrogen-bond acceptors (Lipinski definition) is 4. The number of fused-ring (bicyclic) bond motifs is 1. The van der Waals surface area contributed by atoms with Gasteiger partial charge in [-0.3, -0.25) is 4.98 Å². The molecule has 0 fully saturated rings. The van der Waals surface area contributed by atoms with E-state index in [0.29, 0.717) is 5.02 Å². The van der Waals surface area contributed by atoms with Crippen molar-refractivity contribution in [2.75, 3.05) is 39.3 Å². The first-order valence-electron chi connectivity index (χ1n) is 11.3. The van der Waals surface area contributed by atoms with Crippen molar-refractivity contribution in [2.24, 2.45) is 0 Å². The van der Waals surface area contributed by atoms with Crippen LogP contribution in [-0.2, 0) is 0 Å². The third-order valence-electron chi connectivity index (χ3n) is 5.75. The van der Waals surface area contributed by atoms with Gasteiger partial charge in [-0.25, -0.2) is 0 Å². The highest BCUT2D eigenvalue weighted by atomic mass is 35.5. The minimum atomic E-state index is 0.224. The van der Waals surface area contributed by atoms with Crippen LogP contribution in [0.3, 0.4) is 0 Å². The maximum absolute atomic E-state index is 6.55. The van der Waals surface area contributed by atoms with Crippen LogP contribution in [0.5, 0.6) is 5.75 Å². The van der Waals surface area contributed by atoms with Crippen molar-refractivity contribution >= 4 is 22.5 Å². The van der Waals surface area contributed by atoms with E-state index in [-0.39, 0.29) is 6.10 Å². The molecule has 0 atom stereocenters. The molecule has 5 heteroatoms. The summed E-state index contributed by atoms with van der Waals surface area (Å²) in [5, 5.41) is 1.74. The SMILES string of the molecule is CCN(CC)CCCC(CCCN(CC)CC)Oc1ccnc2cc(Cl)ccc12. The summed E-state index contributed by atoms with van der Waals surface area (Å²) in [7, 11) is 0. The van der Waals surface area contributed by atoms with Crippen molar-refractivity contribution in [3.63, 3.8) is 0 Å². The molecule has 0 aliphatic heterocycles. The fourth-order valence-electron chi connectivity index (χ4n) is 3.80. The maximum atomic E-state index is 6.55. The first-order chi connectivity index (χ1) is 14.1. The van der Waals surface area contributed by atoms with Crippen LogP contribution in [0.25, 0.3) is 10.9 Å². The number of ether oxygens (including phenoxy) is 1. The molecular formula is C24H38ClN3O. The summed E-state index contributed by atoms with van der Waals surface area (Å²) >= 11 is 6.14. The number of halogens is 1. The molecule has 29 heavy (non-hydrogen) atoms. The average molecular weight is 420 g/mol. The first-order valence-corrected chi connectivity index (χ1v) is 11.6. The standard InChI is InChI=1S/C24H38ClN3O/c1-5-27(6-2)17-9-11-21(12-10-18-28(7-3)8-4)29-24-15-16-26-23-19-20(25)13-14-22(23)24/h13-16,19,21H,5-12,17-18H2,1-4H3. The second-order valence-corrected chi connectivity index (χ2v) is 7.99. The van der Waals surface area contributed by atoms with Gasteiger partial charge in [0.1, 0.15) is 5.75 Å². The minimum Gasteiger partial charge on any atom is -0.490 e. The number of pyridine rings is 1. The molecule has 1 aromatic carbocycles. The minimum absolute atomic E-state index is 0.224. The molecule has 0 aliphatic rings. The first kappa shape index (κ1) is 23.9. The van der Waals surface area contributed by atoms with E-state index in [1.165, 1.54) is 0 Å². The Morgan fingerprint density at radius 2 is 1.48 bits per heavy atom. The molecule has 2 aromatic rings. The summed E-state index contributed by atoms with van der Waals surface area (Å²) in [6.45, 7) is 15.6. The predicted octanol–water partition coefficient (Wildman–Crippen LogP) is 5.88. The summed E-state index contributed by atoms with van der Waals surface area (Å²) in [6, 6.07) is 7.81. The largest absolute Gasteiger partial charge is 0.490 e. The van der Waals surface area contributed by atoms with Gasteiger partial charge in [0.15, 0.2) is 0 Å². The highest BCUT2D eigenvalue weighted by molar-refractivity contribution is 6.31. The van der Waals surface area contributed by atoms with Gasteiger partial charge < -0.3 is 14.5 Å². The second-order valence-electron chi connectivity index (χ2n) is 7.55. The smallest absolute Gasteiger partial charge is 0.130 e. The molecule has 0 N–H and O–H groups in total. The summed E-state index contributed by atoms with van der Waals surface area (Å²) in [5.41, 5.74) is 0.889. The van der Waals surface area contributed by atoms with Gasteiger partial charge >= 0.3 is 0 Å². The molecule has 0 radical (unpaired) electrons. The monoisotopic (exact) mass is 419 g/mol. The molecule has 1 aromatic heterocycles. The van der Waals surface area contributed by atoms with E-state index in [0.717, 1.165) is 81.6 Å². The molecule has 2 rings (SSSR count). The highest BCUT2D eigenvalue weighted by Crippen LogP contribution is 2.28. The molecular weight excluding hydrogens is 382 g/mol. The van der Waals surface area contributed by atoms with Gasteiger partial charge in [0, 0.05) is 16.6 Å². The number of nitrogens with zero attached hydrogens (tertiary/aromatic N) is 3. The zero-order chi connectivity index (χ0) is 21.1. The Hall–Kier alpha value is -1.36. The fraction of sp³-hybridized carbons (Fsp3) is 0.625. The van der Waals surface area contributed by atoms with Crippen LogP contribution >= 0.6 is 11.6 Å². The Morgan fingerprint density at radius 1 is 0.897 bits per heavy atom. The molecule has 0 amide bonds. The molecule has 0 aliphatic carbocycles. The Labute approximate surface area is 182 Å². The lowest BCUT2D eigenvalue weighted by atomic mass is 10.1. The van der Waals surface area contributed by atoms with E-state index in [9.17, 15) is 0 Å². The van der Waals surface area contributed by atoms with Crippen molar-refractivity contribution < 1.29 is 4.74 Å². The van der Waals surface area contributed by atoms with E-state index in [1.54, 1.807) is 0 Å². The Kier molecular flexibility index (Phi) is 10.8. The predicted molar refractivity (Wildman–Crippen MR) is 125 cm³/mol. The van der Waals surface area contributed by atoms with E-state index in [4.69, 9.17) is 16.3 Å². The summed E-state index contributed by atoms with van der Waals surface area (Å²) in [6.07, 6.45) is 6.51. The summed E-state index contributed by atoms with van der Waals surface area (Å²) < 4.78 is 6.55. The quantitative estimate of drug-likeness (QED) is 0.382. The van der Waals surface area contributed by atoms with Gasteiger partial charge in [-0.15, -0.1) is 0 Å². The lowest BCUT2D eigenvalue weighted by Crippen LogP contribution is -2.27. The van der Waals surface area contributed by atoms with Crippen LogP contribution in [0, 0.1) is 0 Å². The zero-order valence-electron chi connectivity index (χ0n) is 18.7. The van der Waals surface area contributed by atoms with Crippen molar-refractivity contribution in [3.8, 4) is 5.75 Å². The van der Waals surface area contributed by atoms with Gasteiger partial charge in [-0.2, -0.15) is 0 Å². The Bertz CT molecular complexity index is 698. The maximum Gasteiger partial charge on any atom is 0.130 e. The second kappa shape index (κ2) is 13.0. The fourth-order valence-corrected chi connectivity index (χ4v) is 3.97. The normalized spacial score (nSPS) is 11.9. The molecule has 162 valence electrons. The Balaban J connectivity index is 2.05. The van der Waals surface area contributed by atoms with Crippen LogP contribution in [0.15, 0.2) is 30.5 Å². The lowest BCUT2D eigenvalue weighted by molar-refractivity contribution is 0.161. The highest BCUT2D eigenvalue weighted by Gasteiger charge is 2.14.